The molecular formula is C16H16Cl2N2O3. The van der Waals surface area contributed by atoms with Crippen LogP contribution >= 0.6 is 23.2 Å². The summed E-state index contributed by atoms with van der Waals surface area (Å²) in [4.78, 5) is 25.7. The lowest BCUT2D eigenvalue weighted by atomic mass is 10.2. The summed E-state index contributed by atoms with van der Waals surface area (Å²) >= 11 is 11.8. The van der Waals surface area contributed by atoms with Crippen molar-refractivity contribution in [3.63, 3.8) is 0 Å². The summed E-state index contributed by atoms with van der Waals surface area (Å²) in [5, 5.41) is 3.49. The number of amides is 2. The molecule has 0 aliphatic heterocycles. The van der Waals surface area contributed by atoms with Gasteiger partial charge in [0.05, 0.1) is 16.3 Å². The number of carbonyl (C=O) groups is 2. The lowest BCUT2D eigenvalue weighted by Gasteiger charge is -2.22. The largest absolute Gasteiger partial charge is 0.459 e. The Morgan fingerprint density at radius 2 is 2.00 bits per heavy atom. The zero-order valence-corrected chi connectivity index (χ0v) is 14.2. The van der Waals surface area contributed by atoms with Gasteiger partial charge in [-0.1, -0.05) is 29.3 Å². The monoisotopic (exact) mass is 354 g/mol. The predicted octanol–water partition coefficient (Wildman–Crippen LogP) is 3.36. The average Bonchev–Trinajstić information content (AvgIpc) is 3.04. The molecule has 1 N–H and O–H groups in total. The van der Waals surface area contributed by atoms with E-state index in [1.165, 1.54) is 17.2 Å². The first kappa shape index (κ1) is 17.4. The second-order valence-electron chi connectivity index (χ2n) is 5.12. The lowest BCUT2D eigenvalue weighted by Crippen LogP contribution is -2.45. The zero-order valence-electron chi connectivity index (χ0n) is 12.7. The zero-order chi connectivity index (χ0) is 17.0. The van der Waals surface area contributed by atoms with Gasteiger partial charge in [0.1, 0.15) is 6.04 Å². The SMILES string of the molecule is CC(NC(=O)c1ccco1)C(=O)N(C)Cc1ccc(Cl)c(Cl)c1. The minimum atomic E-state index is -0.680. The summed E-state index contributed by atoms with van der Waals surface area (Å²) in [7, 11) is 1.65. The summed E-state index contributed by atoms with van der Waals surface area (Å²) in [6.45, 7) is 1.98. The van der Waals surface area contributed by atoms with Crippen molar-refractivity contribution in [2.75, 3.05) is 7.05 Å². The van der Waals surface area contributed by atoms with Gasteiger partial charge in [-0.2, -0.15) is 0 Å². The van der Waals surface area contributed by atoms with Crippen molar-refractivity contribution in [2.45, 2.75) is 19.5 Å². The minimum absolute atomic E-state index is 0.164. The number of benzene rings is 1. The number of rotatable bonds is 5. The van der Waals surface area contributed by atoms with Gasteiger partial charge >= 0.3 is 0 Å². The molecule has 2 rings (SSSR count). The number of nitrogens with zero attached hydrogens (tertiary/aromatic N) is 1. The Morgan fingerprint density at radius 1 is 1.26 bits per heavy atom. The van der Waals surface area contributed by atoms with E-state index in [0.717, 1.165) is 5.56 Å². The molecule has 1 unspecified atom stereocenters. The van der Waals surface area contributed by atoms with E-state index in [2.05, 4.69) is 5.32 Å². The molecule has 1 heterocycles. The van der Waals surface area contributed by atoms with E-state index in [-0.39, 0.29) is 11.7 Å². The van der Waals surface area contributed by atoms with Crippen LogP contribution < -0.4 is 5.32 Å². The summed E-state index contributed by atoms with van der Waals surface area (Å²) in [6, 6.07) is 7.65. The number of nitrogens with one attached hydrogen (secondary N) is 1. The van der Waals surface area contributed by atoms with Crippen LogP contribution in [0.25, 0.3) is 0 Å². The second-order valence-corrected chi connectivity index (χ2v) is 5.93. The molecule has 1 atom stereocenters. The highest BCUT2D eigenvalue weighted by molar-refractivity contribution is 6.42. The van der Waals surface area contributed by atoms with Gasteiger partial charge in [0.25, 0.3) is 5.91 Å². The van der Waals surface area contributed by atoms with E-state index in [4.69, 9.17) is 27.6 Å². The van der Waals surface area contributed by atoms with Crippen LogP contribution in [0.15, 0.2) is 41.0 Å². The number of furan rings is 1. The molecule has 0 fully saturated rings. The van der Waals surface area contributed by atoms with Crippen molar-refractivity contribution in [3.05, 3.63) is 58.0 Å². The third-order valence-corrected chi connectivity index (χ3v) is 3.98. The van der Waals surface area contributed by atoms with Gasteiger partial charge in [0, 0.05) is 13.6 Å². The summed E-state index contributed by atoms with van der Waals surface area (Å²) < 4.78 is 4.99. The Kier molecular flexibility index (Phi) is 5.69. The highest BCUT2D eigenvalue weighted by Crippen LogP contribution is 2.23. The lowest BCUT2D eigenvalue weighted by molar-refractivity contribution is -0.132. The summed E-state index contributed by atoms with van der Waals surface area (Å²) in [5.41, 5.74) is 0.847. The van der Waals surface area contributed by atoms with Crippen LogP contribution in [0, 0.1) is 0 Å². The Bertz CT molecular complexity index is 701. The fourth-order valence-electron chi connectivity index (χ4n) is 2.06. The fraction of sp³-hybridized carbons (Fsp3) is 0.250. The molecular weight excluding hydrogens is 339 g/mol. The molecule has 1 aromatic heterocycles. The van der Waals surface area contributed by atoms with Crippen molar-refractivity contribution in [1.29, 1.82) is 0 Å². The third-order valence-electron chi connectivity index (χ3n) is 3.24. The van der Waals surface area contributed by atoms with Crippen LogP contribution in [0.2, 0.25) is 10.0 Å². The minimum Gasteiger partial charge on any atom is -0.459 e. The number of carbonyl (C=O) groups excluding carboxylic acids is 2. The number of hydrogen-bond donors (Lipinski definition) is 1. The van der Waals surface area contributed by atoms with E-state index in [1.54, 1.807) is 38.2 Å². The van der Waals surface area contributed by atoms with Crippen LogP contribution in [0.5, 0.6) is 0 Å². The number of hydrogen-bond acceptors (Lipinski definition) is 3. The maximum atomic E-state index is 12.3. The first-order chi connectivity index (χ1) is 10.9. The predicted molar refractivity (Wildman–Crippen MR) is 88.6 cm³/mol. The molecule has 0 saturated heterocycles. The average molecular weight is 355 g/mol. The Labute approximate surface area is 144 Å². The molecule has 2 aromatic rings. The quantitative estimate of drug-likeness (QED) is 0.895. The Balaban J connectivity index is 1.95. The maximum Gasteiger partial charge on any atom is 0.287 e. The maximum absolute atomic E-state index is 12.3. The molecule has 122 valence electrons. The Hall–Kier alpha value is -1.98. The Morgan fingerprint density at radius 3 is 2.61 bits per heavy atom. The van der Waals surface area contributed by atoms with Crippen LogP contribution in [-0.2, 0) is 11.3 Å². The second kappa shape index (κ2) is 7.53. The van der Waals surface area contributed by atoms with E-state index >= 15 is 0 Å². The van der Waals surface area contributed by atoms with Gasteiger partial charge in [-0.25, -0.2) is 0 Å². The van der Waals surface area contributed by atoms with Crippen molar-refractivity contribution in [3.8, 4) is 0 Å². The molecule has 0 aliphatic rings. The third kappa shape index (κ3) is 4.50. The van der Waals surface area contributed by atoms with Crippen LogP contribution in [0.3, 0.4) is 0 Å². The van der Waals surface area contributed by atoms with Gasteiger partial charge in [-0.3, -0.25) is 9.59 Å². The van der Waals surface area contributed by atoms with Crippen molar-refractivity contribution < 1.29 is 14.0 Å². The molecule has 5 nitrogen and oxygen atoms in total. The van der Waals surface area contributed by atoms with Crippen LogP contribution in [-0.4, -0.2) is 29.8 Å². The summed E-state index contributed by atoms with van der Waals surface area (Å²) in [5.74, 6) is -0.494. The van der Waals surface area contributed by atoms with Crippen LogP contribution in [0.4, 0.5) is 0 Å². The molecule has 0 saturated carbocycles. The van der Waals surface area contributed by atoms with Gasteiger partial charge in [-0.15, -0.1) is 0 Å². The first-order valence-electron chi connectivity index (χ1n) is 6.91. The molecule has 7 heteroatoms. The van der Waals surface area contributed by atoms with Gasteiger partial charge < -0.3 is 14.6 Å². The van der Waals surface area contributed by atoms with Gasteiger partial charge in [0.2, 0.25) is 5.91 Å². The molecule has 1 aromatic carbocycles. The molecule has 23 heavy (non-hydrogen) atoms. The molecule has 0 spiro atoms. The number of halogens is 2. The van der Waals surface area contributed by atoms with E-state index in [1.807, 2.05) is 0 Å². The molecule has 0 aliphatic carbocycles. The van der Waals surface area contributed by atoms with Gasteiger partial charge in [0.15, 0.2) is 5.76 Å². The normalized spacial score (nSPS) is 11.8. The van der Waals surface area contributed by atoms with Crippen molar-refractivity contribution in [2.24, 2.45) is 0 Å². The fourth-order valence-corrected chi connectivity index (χ4v) is 2.38. The molecule has 0 radical (unpaired) electrons. The smallest absolute Gasteiger partial charge is 0.287 e. The molecule has 2 amide bonds. The van der Waals surface area contributed by atoms with E-state index < -0.39 is 11.9 Å². The standard InChI is InChI=1S/C16H16Cl2N2O3/c1-10(19-15(21)14-4-3-7-23-14)16(22)20(2)9-11-5-6-12(17)13(18)8-11/h3-8,10H,9H2,1-2H3,(H,19,21). The summed E-state index contributed by atoms with van der Waals surface area (Å²) in [6.07, 6.45) is 1.40. The number of likely N-dealkylation sites (N-methyl/N-ethyl adjacent to an activating group) is 1. The topological polar surface area (TPSA) is 62.6 Å². The highest BCUT2D eigenvalue weighted by Gasteiger charge is 2.21. The van der Waals surface area contributed by atoms with Crippen molar-refractivity contribution >= 4 is 35.0 Å². The van der Waals surface area contributed by atoms with E-state index in [0.29, 0.717) is 16.6 Å². The van der Waals surface area contributed by atoms with Crippen molar-refractivity contribution in [1.82, 2.24) is 10.2 Å². The van der Waals surface area contributed by atoms with Gasteiger partial charge in [-0.05, 0) is 36.8 Å². The van der Waals surface area contributed by atoms with E-state index in [9.17, 15) is 9.59 Å². The molecule has 0 bridgehead atoms. The first-order valence-corrected chi connectivity index (χ1v) is 7.67. The highest BCUT2D eigenvalue weighted by atomic mass is 35.5. The van der Waals surface area contributed by atoms with Crippen LogP contribution in [0.1, 0.15) is 23.0 Å².